The van der Waals surface area contributed by atoms with Gasteiger partial charge in [-0.15, -0.1) is 0 Å². The van der Waals surface area contributed by atoms with Crippen LogP contribution in [0, 0.1) is 5.82 Å². The summed E-state index contributed by atoms with van der Waals surface area (Å²) in [6.45, 7) is 3.79. The first-order valence-corrected chi connectivity index (χ1v) is 8.43. The first-order chi connectivity index (χ1) is 13.0. The molecule has 136 valence electrons. The number of carbonyl (C=O) groups excluding carboxylic acids is 1. The van der Waals surface area contributed by atoms with Gasteiger partial charge in [-0.05, 0) is 56.3 Å². The molecule has 2 aromatic carbocycles. The van der Waals surface area contributed by atoms with Gasteiger partial charge in [-0.1, -0.05) is 5.16 Å². The molecule has 0 fully saturated rings. The molecule has 0 saturated carbocycles. The predicted molar refractivity (Wildman–Crippen MR) is 97.5 cm³/mol. The average Bonchev–Trinajstić information content (AvgIpc) is 3.28. The fourth-order valence-corrected chi connectivity index (χ4v) is 2.72. The van der Waals surface area contributed by atoms with Gasteiger partial charge in [0.25, 0.3) is 5.91 Å². The molecule has 0 radical (unpaired) electrons. The third-order valence-corrected chi connectivity index (χ3v) is 3.99. The number of amides is 1. The molecule has 0 bridgehead atoms. The molecule has 2 aromatic heterocycles. The Balaban J connectivity index is 1.71. The highest BCUT2D eigenvalue weighted by molar-refractivity contribution is 6.00. The molecule has 4 rings (SSSR count). The number of halogens is 1. The Morgan fingerprint density at radius 1 is 1.15 bits per heavy atom. The molecule has 0 aliphatic rings. The zero-order chi connectivity index (χ0) is 19.0. The number of carbonyl (C=O) groups is 1. The van der Waals surface area contributed by atoms with Crippen LogP contribution >= 0.6 is 0 Å². The number of rotatable bonds is 4. The quantitative estimate of drug-likeness (QED) is 0.579. The van der Waals surface area contributed by atoms with E-state index in [0.29, 0.717) is 39.4 Å². The Morgan fingerprint density at radius 3 is 2.67 bits per heavy atom. The van der Waals surface area contributed by atoms with Crippen LogP contribution in [-0.2, 0) is 0 Å². The zero-order valence-electron chi connectivity index (χ0n) is 14.7. The fraction of sp³-hybridized carbons (Fsp3) is 0.150. The summed E-state index contributed by atoms with van der Waals surface area (Å²) in [5, 5.41) is 7.57. The van der Waals surface area contributed by atoms with E-state index in [0.717, 1.165) is 0 Å². The summed E-state index contributed by atoms with van der Waals surface area (Å²) in [4.78, 5) is 16.7. The molecule has 1 N–H and O–H groups in total. The van der Waals surface area contributed by atoms with E-state index in [4.69, 9.17) is 8.94 Å². The van der Waals surface area contributed by atoms with E-state index >= 15 is 0 Å². The molecule has 0 spiro atoms. The normalized spacial score (nSPS) is 11.3. The molecular weight excluding hydrogens is 349 g/mol. The molecule has 7 heteroatoms. The van der Waals surface area contributed by atoms with Crippen molar-refractivity contribution in [2.24, 2.45) is 0 Å². The van der Waals surface area contributed by atoms with Gasteiger partial charge >= 0.3 is 0 Å². The van der Waals surface area contributed by atoms with Crippen molar-refractivity contribution < 1.29 is 18.1 Å². The van der Waals surface area contributed by atoms with Gasteiger partial charge in [0.1, 0.15) is 23.5 Å². The fourth-order valence-electron chi connectivity index (χ4n) is 2.72. The van der Waals surface area contributed by atoms with Crippen LogP contribution in [0.3, 0.4) is 0 Å². The minimum atomic E-state index is -0.333. The number of aromatic nitrogens is 2. The Hall–Kier alpha value is -3.48. The number of nitrogens with one attached hydrogen (secondary N) is 1. The highest BCUT2D eigenvalue weighted by Crippen LogP contribution is 2.30. The van der Waals surface area contributed by atoms with E-state index in [1.165, 1.54) is 18.4 Å². The largest absolute Gasteiger partial charge is 0.444 e. The van der Waals surface area contributed by atoms with Gasteiger partial charge in [-0.25, -0.2) is 9.37 Å². The van der Waals surface area contributed by atoms with Gasteiger partial charge in [0.15, 0.2) is 5.58 Å². The van der Waals surface area contributed by atoms with Crippen LogP contribution < -0.4 is 5.32 Å². The maximum atomic E-state index is 13.1. The second-order valence-electron chi connectivity index (χ2n) is 6.42. The Bertz CT molecular complexity index is 1110. The smallest absolute Gasteiger partial charge is 0.251 e. The number of oxazole rings is 1. The molecular formula is C20H16FN3O3. The van der Waals surface area contributed by atoms with E-state index in [-0.39, 0.29) is 17.8 Å². The van der Waals surface area contributed by atoms with Crippen molar-refractivity contribution in [3.05, 3.63) is 60.1 Å². The van der Waals surface area contributed by atoms with Crippen molar-refractivity contribution in [2.75, 3.05) is 0 Å². The van der Waals surface area contributed by atoms with E-state index in [2.05, 4.69) is 15.5 Å². The van der Waals surface area contributed by atoms with Gasteiger partial charge in [0.05, 0.1) is 5.39 Å². The van der Waals surface area contributed by atoms with Crippen molar-refractivity contribution in [3.8, 4) is 22.8 Å². The van der Waals surface area contributed by atoms with Crippen molar-refractivity contribution in [3.63, 3.8) is 0 Å². The summed E-state index contributed by atoms with van der Waals surface area (Å²) >= 11 is 0. The molecule has 0 saturated heterocycles. The molecule has 1 amide bonds. The van der Waals surface area contributed by atoms with Gasteiger partial charge in [-0.2, -0.15) is 0 Å². The molecule has 6 nitrogen and oxygen atoms in total. The van der Waals surface area contributed by atoms with Crippen LogP contribution in [0.25, 0.3) is 33.8 Å². The minimum absolute atomic E-state index is 0.0314. The Labute approximate surface area is 154 Å². The summed E-state index contributed by atoms with van der Waals surface area (Å²) in [6, 6.07) is 11.0. The van der Waals surface area contributed by atoms with Gasteiger partial charge in [-0.3, -0.25) is 4.79 Å². The van der Waals surface area contributed by atoms with Crippen LogP contribution in [0.2, 0.25) is 0 Å². The maximum absolute atomic E-state index is 13.1. The first kappa shape index (κ1) is 17.0. The van der Waals surface area contributed by atoms with E-state index < -0.39 is 0 Å². The number of hydrogen-bond acceptors (Lipinski definition) is 5. The van der Waals surface area contributed by atoms with Crippen molar-refractivity contribution in [1.82, 2.24) is 15.5 Å². The molecule has 0 aliphatic carbocycles. The van der Waals surface area contributed by atoms with Crippen LogP contribution in [0.15, 0.2) is 57.7 Å². The van der Waals surface area contributed by atoms with Gasteiger partial charge in [0, 0.05) is 17.2 Å². The Morgan fingerprint density at radius 2 is 1.93 bits per heavy atom. The van der Waals surface area contributed by atoms with Crippen LogP contribution in [-0.4, -0.2) is 22.1 Å². The summed E-state index contributed by atoms with van der Waals surface area (Å²) in [7, 11) is 0. The molecule has 0 aliphatic heterocycles. The van der Waals surface area contributed by atoms with Crippen LogP contribution in [0.1, 0.15) is 24.2 Å². The third-order valence-electron chi connectivity index (χ3n) is 3.99. The zero-order valence-corrected chi connectivity index (χ0v) is 14.7. The highest BCUT2D eigenvalue weighted by atomic mass is 19.1. The number of nitrogens with zero attached hydrogens (tertiary/aromatic N) is 2. The Kier molecular flexibility index (Phi) is 4.19. The van der Waals surface area contributed by atoms with Gasteiger partial charge < -0.3 is 14.3 Å². The number of fused-ring (bicyclic) bond motifs is 1. The topological polar surface area (TPSA) is 81.2 Å². The second kappa shape index (κ2) is 6.68. The van der Waals surface area contributed by atoms with Crippen molar-refractivity contribution in [1.29, 1.82) is 0 Å². The van der Waals surface area contributed by atoms with Crippen molar-refractivity contribution in [2.45, 2.75) is 19.9 Å². The lowest BCUT2D eigenvalue weighted by atomic mass is 10.1. The number of benzene rings is 2. The maximum Gasteiger partial charge on any atom is 0.251 e. The summed E-state index contributed by atoms with van der Waals surface area (Å²) < 4.78 is 23.9. The van der Waals surface area contributed by atoms with E-state index in [1.807, 2.05) is 13.8 Å². The minimum Gasteiger partial charge on any atom is -0.444 e. The number of hydrogen-bond donors (Lipinski definition) is 1. The molecule has 0 atom stereocenters. The SMILES string of the molecule is CC(C)NC(=O)c1ccc2onc(-c3coc(-c4ccc(F)cc4)n3)c2c1. The van der Waals surface area contributed by atoms with Crippen LogP contribution in [0.5, 0.6) is 0 Å². The lowest BCUT2D eigenvalue weighted by Gasteiger charge is -2.07. The summed E-state index contributed by atoms with van der Waals surface area (Å²) in [6.07, 6.45) is 1.46. The molecule has 2 heterocycles. The molecule has 27 heavy (non-hydrogen) atoms. The van der Waals surface area contributed by atoms with Gasteiger partial charge in [0.2, 0.25) is 5.89 Å². The van der Waals surface area contributed by atoms with Crippen LogP contribution in [0.4, 0.5) is 4.39 Å². The molecule has 4 aromatic rings. The summed E-state index contributed by atoms with van der Waals surface area (Å²) in [5.74, 6) is -0.165. The van der Waals surface area contributed by atoms with E-state index in [1.54, 1.807) is 30.3 Å². The third kappa shape index (κ3) is 3.31. The average molecular weight is 365 g/mol. The standard InChI is InChI=1S/C20H16FN3O3/c1-11(2)22-19(25)13-5-8-17-15(9-13)18(24-27-17)16-10-26-20(23-16)12-3-6-14(21)7-4-12/h3-11H,1-2H3,(H,22,25). The molecule has 0 unspecified atom stereocenters. The monoisotopic (exact) mass is 365 g/mol. The first-order valence-electron chi connectivity index (χ1n) is 8.43. The summed E-state index contributed by atoms with van der Waals surface area (Å²) in [5.41, 5.74) is 2.63. The lowest BCUT2D eigenvalue weighted by molar-refractivity contribution is 0.0943. The predicted octanol–water partition coefficient (Wildman–Crippen LogP) is 4.43. The highest BCUT2D eigenvalue weighted by Gasteiger charge is 2.18. The lowest BCUT2D eigenvalue weighted by Crippen LogP contribution is -2.29. The van der Waals surface area contributed by atoms with E-state index in [9.17, 15) is 9.18 Å². The second-order valence-corrected chi connectivity index (χ2v) is 6.42. The van der Waals surface area contributed by atoms with Crippen molar-refractivity contribution >= 4 is 16.9 Å².